The molecule has 0 spiro atoms. The summed E-state index contributed by atoms with van der Waals surface area (Å²) in [6, 6.07) is 2.90. The van der Waals surface area contributed by atoms with Gasteiger partial charge in [0.15, 0.2) is 15.7 Å². The number of hydrogen-bond donors (Lipinski definition) is 1. The lowest BCUT2D eigenvalue weighted by molar-refractivity contribution is 0.585. The van der Waals surface area contributed by atoms with E-state index in [1.165, 1.54) is 12.3 Å². The number of aromatic nitrogens is 3. The number of rotatable bonds is 4. The van der Waals surface area contributed by atoms with Crippen LogP contribution in [0.3, 0.4) is 0 Å². The van der Waals surface area contributed by atoms with Crippen LogP contribution in [-0.2, 0) is 9.84 Å². The van der Waals surface area contributed by atoms with Gasteiger partial charge in [-0.2, -0.15) is 10.1 Å². The van der Waals surface area contributed by atoms with Gasteiger partial charge >= 0.3 is 0 Å². The van der Waals surface area contributed by atoms with Gasteiger partial charge in [-0.25, -0.2) is 17.2 Å². The number of hydrogen-bond acceptors (Lipinski definition) is 7. The fraction of sp³-hybridized carbons (Fsp3) is 0.357. The van der Waals surface area contributed by atoms with Crippen LogP contribution in [0.4, 0.5) is 26.2 Å². The molecule has 1 fully saturated rings. The van der Waals surface area contributed by atoms with Crippen LogP contribution in [0.1, 0.15) is 6.42 Å². The third kappa shape index (κ3) is 3.58. The summed E-state index contributed by atoms with van der Waals surface area (Å²) in [4.78, 5) is 5.85. The SMILES string of the molecule is CN(c1nncc(Nc2ccc(F)cc2F)n1)C1CCS(=O)(=O)C1. The van der Waals surface area contributed by atoms with Gasteiger partial charge in [0.1, 0.15) is 11.6 Å². The second-order valence-electron chi connectivity index (χ2n) is 5.56. The smallest absolute Gasteiger partial charge is 0.247 e. The zero-order valence-electron chi connectivity index (χ0n) is 12.8. The molecule has 0 bridgehead atoms. The Labute approximate surface area is 137 Å². The standard InChI is InChI=1S/C14H15F2N5O2S/c1-21(10-4-5-24(22,23)8-10)14-19-13(7-17-20-14)18-12-3-2-9(15)6-11(12)16/h2-3,6-7,10H,4-5,8H2,1H3,(H,18,19,20). The molecule has 24 heavy (non-hydrogen) atoms. The quantitative estimate of drug-likeness (QED) is 0.889. The average Bonchev–Trinajstić information content (AvgIpc) is 2.90. The highest BCUT2D eigenvalue weighted by Crippen LogP contribution is 2.22. The van der Waals surface area contributed by atoms with Crippen molar-refractivity contribution in [1.29, 1.82) is 0 Å². The van der Waals surface area contributed by atoms with Gasteiger partial charge in [0.25, 0.3) is 0 Å². The summed E-state index contributed by atoms with van der Waals surface area (Å²) in [5.41, 5.74) is 0.0500. The Hall–Kier alpha value is -2.36. The largest absolute Gasteiger partial charge is 0.338 e. The fourth-order valence-corrected chi connectivity index (χ4v) is 4.25. The summed E-state index contributed by atoms with van der Waals surface area (Å²) < 4.78 is 49.8. The fourth-order valence-electron chi connectivity index (χ4n) is 2.48. The second-order valence-corrected chi connectivity index (χ2v) is 7.79. The van der Waals surface area contributed by atoms with Crippen molar-refractivity contribution < 1.29 is 17.2 Å². The van der Waals surface area contributed by atoms with Crippen molar-refractivity contribution in [2.24, 2.45) is 0 Å². The molecule has 1 N–H and O–H groups in total. The lowest BCUT2D eigenvalue weighted by Crippen LogP contribution is -2.34. The summed E-state index contributed by atoms with van der Waals surface area (Å²) in [6.45, 7) is 0. The average molecular weight is 355 g/mol. The van der Waals surface area contributed by atoms with Crippen molar-refractivity contribution in [3.8, 4) is 0 Å². The van der Waals surface area contributed by atoms with Crippen LogP contribution in [0.25, 0.3) is 0 Å². The maximum Gasteiger partial charge on any atom is 0.247 e. The van der Waals surface area contributed by atoms with Gasteiger partial charge < -0.3 is 10.2 Å². The minimum absolute atomic E-state index is 0.0388. The Morgan fingerprint density at radius 1 is 1.33 bits per heavy atom. The molecular formula is C14H15F2N5O2S. The summed E-state index contributed by atoms with van der Waals surface area (Å²) >= 11 is 0. The van der Waals surface area contributed by atoms with E-state index in [9.17, 15) is 17.2 Å². The topological polar surface area (TPSA) is 88.1 Å². The number of sulfone groups is 1. The van der Waals surface area contributed by atoms with E-state index in [2.05, 4.69) is 20.5 Å². The third-order valence-electron chi connectivity index (χ3n) is 3.81. The molecular weight excluding hydrogens is 340 g/mol. The molecule has 1 aromatic heterocycles. The van der Waals surface area contributed by atoms with E-state index in [0.717, 1.165) is 12.1 Å². The third-order valence-corrected chi connectivity index (χ3v) is 5.56. The van der Waals surface area contributed by atoms with E-state index in [0.29, 0.717) is 6.42 Å². The van der Waals surface area contributed by atoms with Crippen molar-refractivity contribution in [3.05, 3.63) is 36.0 Å². The van der Waals surface area contributed by atoms with Gasteiger partial charge in [0.05, 0.1) is 23.4 Å². The van der Waals surface area contributed by atoms with Crippen molar-refractivity contribution in [2.45, 2.75) is 12.5 Å². The Bertz CT molecular complexity index is 862. The highest BCUT2D eigenvalue weighted by Gasteiger charge is 2.32. The van der Waals surface area contributed by atoms with Gasteiger partial charge in [-0.1, -0.05) is 0 Å². The van der Waals surface area contributed by atoms with E-state index in [-0.39, 0.29) is 35.0 Å². The molecule has 10 heteroatoms. The number of benzene rings is 1. The van der Waals surface area contributed by atoms with Gasteiger partial charge in [-0.05, 0) is 18.6 Å². The first-order valence-corrected chi connectivity index (χ1v) is 9.01. The lowest BCUT2D eigenvalue weighted by Gasteiger charge is -2.22. The predicted octanol–water partition coefficient (Wildman–Crippen LogP) is 1.52. The number of nitrogens with zero attached hydrogens (tertiary/aromatic N) is 4. The van der Waals surface area contributed by atoms with E-state index in [1.54, 1.807) is 11.9 Å². The number of halogens is 2. The molecule has 0 aliphatic carbocycles. The van der Waals surface area contributed by atoms with Crippen molar-refractivity contribution in [1.82, 2.24) is 15.2 Å². The van der Waals surface area contributed by atoms with Crippen LogP contribution in [0.5, 0.6) is 0 Å². The van der Waals surface area contributed by atoms with Crippen LogP contribution in [0.2, 0.25) is 0 Å². The van der Waals surface area contributed by atoms with Gasteiger partial charge in [0.2, 0.25) is 5.95 Å². The van der Waals surface area contributed by atoms with Crippen molar-refractivity contribution >= 4 is 27.3 Å². The first-order chi connectivity index (χ1) is 11.3. The minimum atomic E-state index is -3.04. The molecule has 0 radical (unpaired) electrons. The summed E-state index contributed by atoms with van der Waals surface area (Å²) in [5.74, 6) is -0.819. The number of anilines is 3. The zero-order chi connectivity index (χ0) is 17.3. The van der Waals surface area contributed by atoms with Crippen molar-refractivity contribution in [3.63, 3.8) is 0 Å². The van der Waals surface area contributed by atoms with Crippen LogP contribution < -0.4 is 10.2 Å². The van der Waals surface area contributed by atoms with Crippen LogP contribution in [-0.4, -0.2) is 48.2 Å². The maximum atomic E-state index is 13.7. The Kier molecular flexibility index (Phi) is 4.31. The molecule has 1 atom stereocenters. The maximum absolute atomic E-state index is 13.7. The lowest BCUT2D eigenvalue weighted by atomic mass is 10.2. The molecule has 0 amide bonds. The first kappa shape index (κ1) is 16.5. The molecule has 1 saturated heterocycles. The highest BCUT2D eigenvalue weighted by molar-refractivity contribution is 7.91. The first-order valence-electron chi connectivity index (χ1n) is 7.19. The monoisotopic (exact) mass is 355 g/mol. The number of nitrogens with one attached hydrogen (secondary N) is 1. The van der Waals surface area contributed by atoms with Gasteiger partial charge in [-0.3, -0.25) is 0 Å². The van der Waals surface area contributed by atoms with E-state index in [1.807, 2.05) is 0 Å². The van der Waals surface area contributed by atoms with E-state index < -0.39 is 21.5 Å². The molecule has 1 aromatic carbocycles. The molecule has 2 aromatic rings. The highest BCUT2D eigenvalue weighted by atomic mass is 32.2. The Morgan fingerprint density at radius 3 is 2.79 bits per heavy atom. The summed E-state index contributed by atoms with van der Waals surface area (Å²) in [7, 11) is -1.35. The normalized spacial score (nSPS) is 19.2. The molecule has 1 aliphatic rings. The second kappa shape index (κ2) is 6.27. The van der Waals surface area contributed by atoms with E-state index >= 15 is 0 Å². The Morgan fingerprint density at radius 2 is 2.12 bits per heavy atom. The predicted molar refractivity (Wildman–Crippen MR) is 84.9 cm³/mol. The van der Waals surface area contributed by atoms with E-state index in [4.69, 9.17) is 0 Å². The Balaban J connectivity index is 1.79. The van der Waals surface area contributed by atoms with Gasteiger partial charge in [0, 0.05) is 19.2 Å². The van der Waals surface area contributed by atoms with Gasteiger partial charge in [-0.15, -0.1) is 5.10 Å². The molecule has 1 aliphatic heterocycles. The molecule has 3 rings (SSSR count). The zero-order valence-corrected chi connectivity index (χ0v) is 13.6. The van der Waals surface area contributed by atoms with Crippen LogP contribution in [0.15, 0.2) is 24.4 Å². The van der Waals surface area contributed by atoms with Crippen LogP contribution in [0, 0.1) is 11.6 Å². The van der Waals surface area contributed by atoms with Crippen molar-refractivity contribution in [2.75, 3.05) is 28.8 Å². The molecule has 0 saturated carbocycles. The molecule has 128 valence electrons. The van der Waals surface area contributed by atoms with Crippen LogP contribution >= 0.6 is 0 Å². The molecule has 7 nitrogen and oxygen atoms in total. The molecule has 1 unspecified atom stereocenters. The summed E-state index contributed by atoms with van der Waals surface area (Å²) in [5, 5.41) is 10.4. The minimum Gasteiger partial charge on any atom is -0.338 e. The molecule has 2 heterocycles. The summed E-state index contributed by atoms with van der Waals surface area (Å²) in [6.07, 6.45) is 1.79.